The average molecular weight is 178 g/mol. The zero-order chi connectivity index (χ0) is 9.64. The van der Waals surface area contributed by atoms with Crippen molar-refractivity contribution in [2.45, 2.75) is 33.3 Å². The fourth-order valence-electron chi connectivity index (χ4n) is 2.30. The minimum Gasteiger partial charge on any atom is -0.454 e. The first-order valence-corrected chi connectivity index (χ1v) is 4.58. The van der Waals surface area contributed by atoms with Crippen molar-refractivity contribution in [2.75, 3.05) is 0 Å². The van der Waals surface area contributed by atoms with Crippen molar-refractivity contribution in [3.05, 3.63) is 23.3 Å². The number of carbonyl (C=O) groups excluding carboxylic acids is 1. The lowest BCUT2D eigenvalue weighted by Crippen LogP contribution is -2.34. The molecule has 2 heteroatoms. The Hall–Kier alpha value is -1.05. The molecular formula is C11H14O2. The van der Waals surface area contributed by atoms with Crippen LogP contribution < -0.4 is 0 Å². The van der Waals surface area contributed by atoms with E-state index >= 15 is 0 Å². The van der Waals surface area contributed by atoms with Gasteiger partial charge in [-0.05, 0) is 13.3 Å². The number of fused-ring (bicyclic) bond motifs is 1. The van der Waals surface area contributed by atoms with Crippen LogP contribution in [0.4, 0.5) is 0 Å². The van der Waals surface area contributed by atoms with E-state index in [1.807, 2.05) is 0 Å². The number of rotatable bonds is 0. The van der Waals surface area contributed by atoms with Gasteiger partial charge in [0.1, 0.15) is 6.10 Å². The summed E-state index contributed by atoms with van der Waals surface area (Å²) >= 11 is 0. The summed E-state index contributed by atoms with van der Waals surface area (Å²) in [6, 6.07) is 0. The van der Waals surface area contributed by atoms with Gasteiger partial charge in [-0.15, -0.1) is 0 Å². The molecule has 0 bridgehead atoms. The lowest BCUT2D eigenvalue weighted by Gasteiger charge is -2.35. The topological polar surface area (TPSA) is 26.3 Å². The van der Waals surface area contributed by atoms with Crippen LogP contribution in [-0.4, -0.2) is 12.1 Å². The molecule has 0 spiro atoms. The van der Waals surface area contributed by atoms with Gasteiger partial charge in [0.15, 0.2) is 0 Å². The predicted octanol–water partition coefficient (Wildman–Crippen LogP) is 2.21. The maximum absolute atomic E-state index is 11.1. The zero-order valence-electron chi connectivity index (χ0n) is 8.26. The van der Waals surface area contributed by atoms with Crippen LogP contribution in [0.1, 0.15) is 27.2 Å². The maximum Gasteiger partial charge on any atom is 0.331 e. The number of hydrogen-bond acceptors (Lipinski definition) is 2. The van der Waals surface area contributed by atoms with Crippen molar-refractivity contribution in [1.29, 1.82) is 0 Å². The molecule has 0 aromatic carbocycles. The van der Waals surface area contributed by atoms with Crippen LogP contribution in [-0.2, 0) is 9.53 Å². The summed E-state index contributed by atoms with van der Waals surface area (Å²) in [5.41, 5.74) is 2.42. The van der Waals surface area contributed by atoms with Gasteiger partial charge in [-0.25, -0.2) is 4.79 Å². The first-order chi connectivity index (χ1) is 5.99. The fraction of sp³-hybridized carbons (Fsp3) is 0.545. The molecule has 2 rings (SSSR count). The van der Waals surface area contributed by atoms with Crippen LogP contribution in [0.3, 0.4) is 0 Å². The van der Waals surface area contributed by atoms with E-state index in [0.29, 0.717) is 0 Å². The molecule has 0 saturated heterocycles. The zero-order valence-corrected chi connectivity index (χ0v) is 8.26. The largest absolute Gasteiger partial charge is 0.454 e. The Balaban J connectivity index is 2.42. The maximum atomic E-state index is 11.1. The van der Waals surface area contributed by atoms with Gasteiger partial charge >= 0.3 is 5.97 Å². The average Bonchev–Trinajstić information content (AvgIpc) is 2.28. The molecule has 0 saturated carbocycles. The van der Waals surface area contributed by atoms with Crippen molar-refractivity contribution in [1.82, 2.24) is 0 Å². The van der Waals surface area contributed by atoms with E-state index in [2.05, 4.69) is 26.8 Å². The molecule has 1 aliphatic carbocycles. The molecule has 0 N–H and O–H groups in total. The van der Waals surface area contributed by atoms with E-state index < -0.39 is 0 Å². The quantitative estimate of drug-likeness (QED) is 0.531. The molecule has 2 aliphatic rings. The third kappa shape index (κ3) is 1.30. The standard InChI is InChI=1S/C11H14O2/c1-7-4-8-5-9(12)13-10(8)11(2,3)6-7/h4-5,10H,6H2,1-3H3. The molecule has 0 aromatic heterocycles. The summed E-state index contributed by atoms with van der Waals surface area (Å²) in [5, 5.41) is 0. The van der Waals surface area contributed by atoms with Crippen LogP contribution in [0.25, 0.3) is 0 Å². The Morgan fingerprint density at radius 2 is 2.15 bits per heavy atom. The number of esters is 1. The number of allylic oxidation sites excluding steroid dienone is 1. The number of carbonyl (C=O) groups is 1. The second-order valence-electron chi connectivity index (χ2n) is 4.62. The summed E-state index contributed by atoms with van der Waals surface area (Å²) in [4.78, 5) is 11.1. The smallest absolute Gasteiger partial charge is 0.331 e. The third-order valence-corrected chi connectivity index (χ3v) is 2.68. The molecule has 70 valence electrons. The van der Waals surface area contributed by atoms with E-state index in [1.165, 1.54) is 5.57 Å². The highest BCUT2D eigenvalue weighted by molar-refractivity contribution is 5.87. The molecule has 1 heterocycles. The first kappa shape index (κ1) is 8.54. The van der Waals surface area contributed by atoms with Crippen LogP contribution in [0.2, 0.25) is 0 Å². The second kappa shape index (κ2) is 2.47. The van der Waals surface area contributed by atoms with E-state index in [1.54, 1.807) is 6.08 Å². The Kier molecular flexibility index (Phi) is 1.62. The minimum atomic E-state index is -0.195. The van der Waals surface area contributed by atoms with Gasteiger partial charge < -0.3 is 4.74 Å². The Labute approximate surface area is 78.3 Å². The van der Waals surface area contributed by atoms with Crippen molar-refractivity contribution in [2.24, 2.45) is 5.41 Å². The van der Waals surface area contributed by atoms with Gasteiger partial charge in [-0.3, -0.25) is 0 Å². The SMILES string of the molecule is CC1=CC2=CC(=O)OC2C(C)(C)C1. The van der Waals surface area contributed by atoms with Crippen molar-refractivity contribution in [3.63, 3.8) is 0 Å². The van der Waals surface area contributed by atoms with Gasteiger partial charge in [0.25, 0.3) is 0 Å². The summed E-state index contributed by atoms with van der Waals surface area (Å²) < 4.78 is 5.25. The van der Waals surface area contributed by atoms with Gasteiger partial charge in [-0.1, -0.05) is 25.5 Å². The molecular weight excluding hydrogens is 164 g/mol. The van der Waals surface area contributed by atoms with E-state index in [0.717, 1.165) is 12.0 Å². The molecule has 0 amide bonds. The second-order valence-corrected chi connectivity index (χ2v) is 4.62. The normalized spacial score (nSPS) is 30.4. The van der Waals surface area contributed by atoms with Crippen LogP contribution >= 0.6 is 0 Å². The highest BCUT2D eigenvalue weighted by Gasteiger charge is 2.41. The van der Waals surface area contributed by atoms with Crippen LogP contribution in [0.5, 0.6) is 0 Å². The Morgan fingerprint density at radius 1 is 1.46 bits per heavy atom. The molecule has 1 aliphatic heterocycles. The highest BCUT2D eigenvalue weighted by atomic mass is 16.5. The van der Waals surface area contributed by atoms with E-state index in [9.17, 15) is 4.79 Å². The van der Waals surface area contributed by atoms with E-state index in [-0.39, 0.29) is 17.5 Å². The molecule has 0 radical (unpaired) electrons. The number of hydrogen-bond donors (Lipinski definition) is 0. The van der Waals surface area contributed by atoms with Crippen LogP contribution in [0, 0.1) is 5.41 Å². The fourth-order valence-corrected chi connectivity index (χ4v) is 2.30. The molecule has 1 atom stereocenters. The molecule has 1 unspecified atom stereocenters. The van der Waals surface area contributed by atoms with Crippen molar-refractivity contribution >= 4 is 5.97 Å². The monoisotopic (exact) mass is 178 g/mol. The summed E-state index contributed by atoms with van der Waals surface area (Å²) in [7, 11) is 0. The summed E-state index contributed by atoms with van der Waals surface area (Å²) in [5.74, 6) is -0.195. The summed E-state index contributed by atoms with van der Waals surface area (Å²) in [6.07, 6.45) is 4.65. The summed E-state index contributed by atoms with van der Waals surface area (Å²) in [6.45, 7) is 6.38. The number of ether oxygens (including phenoxy) is 1. The lowest BCUT2D eigenvalue weighted by molar-refractivity contribution is -0.143. The molecule has 0 aromatic rings. The Bertz CT molecular complexity index is 321. The molecule has 13 heavy (non-hydrogen) atoms. The third-order valence-electron chi connectivity index (χ3n) is 2.68. The molecule has 2 nitrogen and oxygen atoms in total. The molecule has 0 fully saturated rings. The van der Waals surface area contributed by atoms with Gasteiger partial charge in [0.05, 0.1) is 0 Å². The van der Waals surface area contributed by atoms with Crippen LogP contribution in [0.15, 0.2) is 23.3 Å². The highest BCUT2D eigenvalue weighted by Crippen LogP contribution is 2.42. The van der Waals surface area contributed by atoms with Gasteiger partial charge in [-0.2, -0.15) is 0 Å². The Morgan fingerprint density at radius 3 is 2.85 bits per heavy atom. The van der Waals surface area contributed by atoms with Crippen molar-refractivity contribution in [3.8, 4) is 0 Å². The van der Waals surface area contributed by atoms with Crippen molar-refractivity contribution < 1.29 is 9.53 Å². The van der Waals surface area contributed by atoms with Gasteiger partial charge in [0.2, 0.25) is 0 Å². The lowest BCUT2D eigenvalue weighted by atomic mass is 9.73. The van der Waals surface area contributed by atoms with Gasteiger partial charge in [0, 0.05) is 17.1 Å². The first-order valence-electron chi connectivity index (χ1n) is 4.58. The minimum absolute atomic E-state index is 0.0244. The predicted molar refractivity (Wildman–Crippen MR) is 50.1 cm³/mol. The van der Waals surface area contributed by atoms with E-state index in [4.69, 9.17) is 4.74 Å².